The number of aliphatic carboxylic acids is 8. The fourth-order valence-corrected chi connectivity index (χ4v) is 3.10. The Balaban J connectivity index is 0. The van der Waals surface area contributed by atoms with Crippen LogP contribution in [0, 0.1) is 0 Å². The Hall–Kier alpha value is -4.40. The second kappa shape index (κ2) is 19.6. The minimum Gasteiger partial charge on any atom is -0.481 e. The zero-order chi connectivity index (χ0) is 31.5. The lowest BCUT2D eigenvalue weighted by atomic mass is 9.90. The molecule has 0 radical (unpaired) electrons. The van der Waals surface area contributed by atoms with Crippen LogP contribution < -0.4 is 10.6 Å². The second-order valence-electron chi connectivity index (χ2n) is 8.16. The monoisotopic (exact) mass is 584 g/mol. The highest BCUT2D eigenvalue weighted by Crippen LogP contribution is 2.15. The van der Waals surface area contributed by atoms with Gasteiger partial charge in [-0.05, 0) is 0 Å². The first-order chi connectivity index (χ1) is 18.4. The summed E-state index contributed by atoms with van der Waals surface area (Å²) in [5.74, 6) is -10.1. The van der Waals surface area contributed by atoms with E-state index in [4.69, 9.17) is 40.9 Å². The van der Waals surface area contributed by atoms with Crippen molar-refractivity contribution in [2.24, 2.45) is 0 Å². The van der Waals surface area contributed by atoms with E-state index in [1.54, 1.807) is 0 Å². The highest BCUT2D eigenvalue weighted by atomic mass is 16.4. The van der Waals surface area contributed by atoms with Crippen LogP contribution in [-0.2, 0) is 38.4 Å². The number of rotatable bonds is 22. The van der Waals surface area contributed by atoms with E-state index in [0.29, 0.717) is 0 Å². The standard InChI is InChI=1S/2C10H16N2O8/c13-6(14)1-10(2-7(15)16,12-4-9(19)20)5-11-3-8(17)18;13-7(14)3-11(4-8(15)16)1-2-12(5-9(17)18)6-10(19)20/h11-12H,1-5H2,(H,13,14)(H,15,16)(H,17,18)(H,19,20);1-6H2,(H,13,14)(H,15,16)(H,17,18)(H,19,20). The van der Waals surface area contributed by atoms with Gasteiger partial charge in [0.2, 0.25) is 0 Å². The third kappa shape index (κ3) is 22.8. The summed E-state index contributed by atoms with van der Waals surface area (Å²) >= 11 is 0. The third-order valence-electron chi connectivity index (χ3n) is 4.50. The average Bonchev–Trinajstić information content (AvgIpc) is 2.73. The molecule has 20 nitrogen and oxygen atoms in total. The molecule has 0 heterocycles. The average molecular weight is 584 g/mol. The predicted octanol–water partition coefficient (Wildman–Crippen LogP) is -4.05. The van der Waals surface area contributed by atoms with Gasteiger partial charge in [-0.3, -0.25) is 53.5 Å². The van der Waals surface area contributed by atoms with E-state index < -0.39 is 105 Å². The van der Waals surface area contributed by atoms with Crippen molar-refractivity contribution in [3.05, 3.63) is 0 Å². The first-order valence-corrected chi connectivity index (χ1v) is 11.0. The molecule has 0 aliphatic carbocycles. The van der Waals surface area contributed by atoms with E-state index in [1.165, 1.54) is 0 Å². The van der Waals surface area contributed by atoms with Gasteiger partial charge in [0, 0.05) is 19.6 Å². The SMILES string of the molecule is O=C(O)CN(CCN(CC(=O)O)CC(=O)O)CC(=O)O.O=C(O)CNCC(CC(=O)O)(CC(=O)O)NCC(=O)O. The van der Waals surface area contributed by atoms with Crippen molar-refractivity contribution in [2.45, 2.75) is 18.4 Å². The molecular formula is C20H32N4O16. The molecule has 0 saturated carbocycles. The number of carbonyl (C=O) groups is 8. The highest BCUT2D eigenvalue weighted by molar-refractivity contribution is 5.75. The molecule has 0 amide bonds. The van der Waals surface area contributed by atoms with E-state index in [1.807, 2.05) is 0 Å². The normalized spacial score (nSPS) is 10.8. The van der Waals surface area contributed by atoms with Gasteiger partial charge in [-0.2, -0.15) is 0 Å². The van der Waals surface area contributed by atoms with Crippen LogP contribution in [0.15, 0.2) is 0 Å². The second-order valence-corrected chi connectivity index (χ2v) is 8.16. The van der Waals surface area contributed by atoms with Crippen molar-refractivity contribution in [2.75, 3.05) is 58.9 Å². The molecule has 20 heteroatoms. The molecule has 0 rings (SSSR count). The van der Waals surface area contributed by atoms with Crippen molar-refractivity contribution >= 4 is 47.8 Å². The number of nitrogens with one attached hydrogen (secondary N) is 2. The maximum absolute atomic E-state index is 10.8. The van der Waals surface area contributed by atoms with Gasteiger partial charge in [-0.1, -0.05) is 0 Å². The van der Waals surface area contributed by atoms with Crippen molar-refractivity contribution < 1.29 is 79.2 Å². The molecule has 0 aliphatic rings. The van der Waals surface area contributed by atoms with Gasteiger partial charge >= 0.3 is 47.8 Å². The summed E-state index contributed by atoms with van der Waals surface area (Å²) in [6, 6.07) is 0. The van der Waals surface area contributed by atoms with Gasteiger partial charge < -0.3 is 46.2 Å². The fourth-order valence-electron chi connectivity index (χ4n) is 3.10. The van der Waals surface area contributed by atoms with Crippen molar-refractivity contribution in [3.8, 4) is 0 Å². The van der Waals surface area contributed by atoms with Crippen LogP contribution >= 0.6 is 0 Å². The zero-order valence-corrected chi connectivity index (χ0v) is 21.0. The topological polar surface area (TPSA) is 329 Å². The molecule has 0 aromatic carbocycles. The minimum absolute atomic E-state index is 0.0703. The van der Waals surface area contributed by atoms with Crippen LogP contribution in [0.3, 0.4) is 0 Å². The number of nitrogens with zero attached hydrogens (tertiary/aromatic N) is 2. The van der Waals surface area contributed by atoms with Crippen LogP contribution in [0.5, 0.6) is 0 Å². The summed E-state index contributed by atoms with van der Waals surface area (Å²) in [7, 11) is 0. The zero-order valence-electron chi connectivity index (χ0n) is 21.0. The molecule has 10 N–H and O–H groups in total. The van der Waals surface area contributed by atoms with Crippen LogP contribution in [0.1, 0.15) is 12.8 Å². The molecule has 0 saturated heterocycles. The fraction of sp³-hybridized carbons (Fsp3) is 0.600. The van der Waals surface area contributed by atoms with Crippen LogP contribution in [0.2, 0.25) is 0 Å². The maximum atomic E-state index is 10.8. The minimum atomic E-state index is -1.59. The Bertz CT molecular complexity index is 840. The quantitative estimate of drug-likeness (QED) is 0.0578. The Labute approximate surface area is 225 Å². The van der Waals surface area contributed by atoms with Crippen molar-refractivity contribution in [1.29, 1.82) is 0 Å². The molecule has 0 unspecified atom stereocenters. The van der Waals surface area contributed by atoms with Gasteiger partial charge in [0.25, 0.3) is 0 Å². The van der Waals surface area contributed by atoms with Gasteiger partial charge in [0.05, 0.1) is 57.6 Å². The number of hydrogen-bond acceptors (Lipinski definition) is 12. The molecule has 228 valence electrons. The predicted molar refractivity (Wildman–Crippen MR) is 127 cm³/mol. The Morgan fingerprint density at radius 1 is 0.475 bits per heavy atom. The summed E-state index contributed by atoms with van der Waals surface area (Å²) < 4.78 is 0. The van der Waals surface area contributed by atoms with Crippen molar-refractivity contribution in [3.63, 3.8) is 0 Å². The highest BCUT2D eigenvalue weighted by Gasteiger charge is 2.35. The summed E-state index contributed by atoms with van der Waals surface area (Å²) in [5, 5.41) is 73.9. The van der Waals surface area contributed by atoms with Crippen LogP contribution in [-0.4, -0.2) is 163 Å². The lowest BCUT2D eigenvalue weighted by molar-refractivity contribution is -0.145. The van der Waals surface area contributed by atoms with E-state index >= 15 is 0 Å². The van der Waals surface area contributed by atoms with E-state index in [0.717, 1.165) is 9.80 Å². The third-order valence-corrected chi connectivity index (χ3v) is 4.50. The summed E-state index contributed by atoms with van der Waals surface area (Å²) in [6.07, 6.45) is -1.33. The van der Waals surface area contributed by atoms with Gasteiger partial charge in [-0.25, -0.2) is 0 Å². The number of hydrogen-bond donors (Lipinski definition) is 10. The number of carboxylic acids is 8. The molecule has 0 spiro atoms. The Morgan fingerprint density at radius 2 is 0.800 bits per heavy atom. The van der Waals surface area contributed by atoms with Crippen LogP contribution in [0.4, 0.5) is 0 Å². The smallest absolute Gasteiger partial charge is 0.317 e. The Morgan fingerprint density at radius 3 is 1.05 bits per heavy atom. The molecule has 0 aliphatic heterocycles. The summed E-state index contributed by atoms with van der Waals surface area (Å²) in [4.78, 5) is 86.9. The first kappa shape index (κ1) is 37.8. The number of carboxylic acid groups (broad SMARTS) is 8. The van der Waals surface area contributed by atoms with Gasteiger partial charge in [0.15, 0.2) is 0 Å². The van der Waals surface area contributed by atoms with E-state index in [-0.39, 0.29) is 19.6 Å². The molecule has 40 heavy (non-hydrogen) atoms. The molecule has 0 aromatic rings. The molecule has 0 bridgehead atoms. The molecule has 0 fully saturated rings. The van der Waals surface area contributed by atoms with Crippen molar-refractivity contribution in [1.82, 2.24) is 20.4 Å². The van der Waals surface area contributed by atoms with Gasteiger partial charge in [-0.15, -0.1) is 0 Å². The van der Waals surface area contributed by atoms with Crippen LogP contribution in [0.25, 0.3) is 0 Å². The summed E-state index contributed by atoms with van der Waals surface area (Å²) in [6.45, 7) is -3.71. The lowest BCUT2D eigenvalue weighted by Crippen LogP contribution is -2.56. The lowest BCUT2D eigenvalue weighted by Gasteiger charge is -2.31. The molecule has 0 atom stereocenters. The van der Waals surface area contributed by atoms with Gasteiger partial charge in [0.1, 0.15) is 0 Å². The summed E-state index contributed by atoms with van der Waals surface area (Å²) in [5.41, 5.74) is -1.59. The molecular weight excluding hydrogens is 552 g/mol. The first-order valence-electron chi connectivity index (χ1n) is 11.0. The molecule has 0 aromatic heterocycles. The Kier molecular flexibility index (Phi) is 18.5. The largest absolute Gasteiger partial charge is 0.481 e. The van der Waals surface area contributed by atoms with E-state index in [9.17, 15) is 38.4 Å². The van der Waals surface area contributed by atoms with E-state index in [2.05, 4.69) is 10.6 Å². The maximum Gasteiger partial charge on any atom is 0.317 e.